The molecule has 0 saturated heterocycles. The van der Waals surface area contributed by atoms with Crippen LogP contribution in [0.25, 0.3) is 0 Å². The number of hydrogen-bond donors (Lipinski definition) is 2. The summed E-state index contributed by atoms with van der Waals surface area (Å²) in [5.74, 6) is -0.209. The Morgan fingerprint density at radius 2 is 1.74 bits per heavy atom. The molecule has 0 aliphatic heterocycles. The first kappa shape index (κ1) is 19.0. The van der Waals surface area contributed by atoms with E-state index in [-0.39, 0.29) is 24.9 Å². The van der Waals surface area contributed by atoms with E-state index >= 15 is 0 Å². The monoisotopic (exact) mass is 321 g/mol. The Bertz CT molecular complexity index is 536. The molecule has 1 unspecified atom stereocenters. The van der Waals surface area contributed by atoms with Crippen LogP contribution in [0.1, 0.15) is 52.5 Å². The molecule has 0 aliphatic rings. The smallest absolute Gasteiger partial charge is 0.305 e. The molecule has 1 atom stereocenters. The van der Waals surface area contributed by atoms with Crippen molar-refractivity contribution in [2.24, 2.45) is 5.92 Å². The van der Waals surface area contributed by atoms with Crippen LogP contribution in [-0.4, -0.2) is 29.1 Å². The van der Waals surface area contributed by atoms with Crippen LogP contribution >= 0.6 is 0 Å². The summed E-state index contributed by atoms with van der Waals surface area (Å²) in [7, 11) is 0. The van der Waals surface area contributed by atoms with Gasteiger partial charge in [-0.3, -0.25) is 9.59 Å². The third-order valence-electron chi connectivity index (χ3n) is 4.13. The van der Waals surface area contributed by atoms with Gasteiger partial charge in [0.2, 0.25) is 0 Å². The molecule has 5 heteroatoms. The number of carboxylic acids is 1. The minimum absolute atomic E-state index is 0.00660. The number of carboxylic acid groups (broad SMARTS) is 1. The maximum absolute atomic E-state index is 12.1. The molecule has 5 nitrogen and oxygen atoms in total. The van der Waals surface area contributed by atoms with Crippen LogP contribution < -0.4 is 10.1 Å². The van der Waals surface area contributed by atoms with Crippen molar-refractivity contribution >= 4 is 11.9 Å². The lowest BCUT2D eigenvalue weighted by Crippen LogP contribution is -2.52. The van der Waals surface area contributed by atoms with Gasteiger partial charge >= 0.3 is 5.97 Å². The molecular weight excluding hydrogens is 294 g/mol. The average Bonchev–Trinajstić information content (AvgIpc) is 2.44. The molecule has 1 aromatic rings. The standard InChI is InChI=1S/C18H27NO4/c1-12(2)14-6-8-15(9-7-14)23-11-16(20)19-18(5,13(3)4)10-17(21)22/h6-9,12-13H,10-11H2,1-5H3,(H,19,20)(H,21,22). The molecule has 0 spiro atoms. The highest BCUT2D eigenvalue weighted by Crippen LogP contribution is 2.21. The second-order valence-electron chi connectivity index (χ2n) is 6.70. The van der Waals surface area contributed by atoms with Gasteiger partial charge in [-0.1, -0.05) is 39.8 Å². The van der Waals surface area contributed by atoms with Gasteiger partial charge in [-0.25, -0.2) is 0 Å². The van der Waals surface area contributed by atoms with Crippen molar-refractivity contribution in [3.8, 4) is 5.75 Å². The molecule has 0 heterocycles. The minimum atomic E-state index is -0.938. The Labute approximate surface area is 138 Å². The van der Waals surface area contributed by atoms with Crippen molar-refractivity contribution in [2.45, 2.75) is 52.5 Å². The topological polar surface area (TPSA) is 75.6 Å². The van der Waals surface area contributed by atoms with E-state index in [0.29, 0.717) is 11.7 Å². The number of rotatable bonds is 8. The summed E-state index contributed by atoms with van der Waals surface area (Å²) in [5, 5.41) is 11.8. The highest BCUT2D eigenvalue weighted by molar-refractivity contribution is 5.79. The quantitative estimate of drug-likeness (QED) is 0.771. The van der Waals surface area contributed by atoms with Crippen LogP contribution in [0.5, 0.6) is 5.75 Å². The zero-order chi connectivity index (χ0) is 17.6. The second kappa shape index (κ2) is 7.99. The van der Waals surface area contributed by atoms with Gasteiger partial charge in [0, 0.05) is 0 Å². The Kier molecular flexibility index (Phi) is 6.61. The predicted molar refractivity (Wildman–Crippen MR) is 89.7 cm³/mol. The molecule has 0 saturated carbocycles. The van der Waals surface area contributed by atoms with Gasteiger partial charge in [0.05, 0.1) is 12.0 Å². The first-order valence-electron chi connectivity index (χ1n) is 7.89. The van der Waals surface area contributed by atoms with E-state index in [0.717, 1.165) is 0 Å². The SMILES string of the molecule is CC(C)c1ccc(OCC(=O)NC(C)(CC(=O)O)C(C)C)cc1. The molecule has 128 valence electrons. The second-order valence-corrected chi connectivity index (χ2v) is 6.70. The van der Waals surface area contributed by atoms with E-state index in [1.807, 2.05) is 38.1 Å². The van der Waals surface area contributed by atoms with Gasteiger partial charge in [0.25, 0.3) is 5.91 Å². The number of carbonyl (C=O) groups is 2. The van der Waals surface area contributed by atoms with E-state index in [4.69, 9.17) is 9.84 Å². The summed E-state index contributed by atoms with van der Waals surface area (Å²) < 4.78 is 5.47. The molecule has 0 aromatic heterocycles. The molecule has 0 radical (unpaired) electrons. The van der Waals surface area contributed by atoms with Crippen LogP contribution in [0, 0.1) is 5.92 Å². The molecule has 1 rings (SSSR count). The van der Waals surface area contributed by atoms with Crippen molar-refractivity contribution in [1.29, 1.82) is 0 Å². The number of amides is 1. The Hall–Kier alpha value is -2.04. The summed E-state index contributed by atoms with van der Waals surface area (Å²) in [6.07, 6.45) is -0.126. The zero-order valence-corrected chi connectivity index (χ0v) is 14.6. The van der Waals surface area contributed by atoms with Gasteiger partial charge in [-0.05, 0) is 36.5 Å². The molecule has 0 aliphatic carbocycles. The highest BCUT2D eigenvalue weighted by atomic mass is 16.5. The summed E-state index contributed by atoms with van der Waals surface area (Å²) >= 11 is 0. The number of carbonyl (C=O) groups excluding carboxylic acids is 1. The van der Waals surface area contributed by atoms with Crippen LogP contribution in [0.3, 0.4) is 0 Å². The summed E-state index contributed by atoms with van der Waals surface area (Å²) in [5.41, 5.74) is 0.406. The van der Waals surface area contributed by atoms with Crippen LogP contribution in [-0.2, 0) is 9.59 Å². The normalized spacial score (nSPS) is 13.7. The largest absolute Gasteiger partial charge is 0.484 e. The third kappa shape index (κ3) is 5.93. The third-order valence-corrected chi connectivity index (χ3v) is 4.13. The molecule has 1 aromatic carbocycles. The van der Waals surface area contributed by atoms with Crippen molar-refractivity contribution < 1.29 is 19.4 Å². The number of aliphatic carboxylic acids is 1. The van der Waals surface area contributed by atoms with Crippen molar-refractivity contribution in [1.82, 2.24) is 5.32 Å². The summed E-state index contributed by atoms with van der Waals surface area (Å²) in [6, 6.07) is 7.62. The minimum Gasteiger partial charge on any atom is -0.484 e. The lowest BCUT2D eigenvalue weighted by molar-refractivity contribution is -0.139. The first-order valence-corrected chi connectivity index (χ1v) is 7.89. The molecule has 1 amide bonds. The van der Waals surface area contributed by atoms with Crippen molar-refractivity contribution in [3.05, 3.63) is 29.8 Å². The van der Waals surface area contributed by atoms with Crippen molar-refractivity contribution in [2.75, 3.05) is 6.61 Å². The van der Waals surface area contributed by atoms with Gasteiger partial charge in [-0.15, -0.1) is 0 Å². The van der Waals surface area contributed by atoms with Crippen LogP contribution in [0.4, 0.5) is 0 Å². The number of nitrogens with one attached hydrogen (secondary N) is 1. The van der Waals surface area contributed by atoms with E-state index in [9.17, 15) is 9.59 Å². The van der Waals surface area contributed by atoms with Crippen LogP contribution in [0.2, 0.25) is 0 Å². The average molecular weight is 321 g/mol. The lowest BCUT2D eigenvalue weighted by Gasteiger charge is -2.33. The van der Waals surface area contributed by atoms with E-state index in [1.54, 1.807) is 6.92 Å². The maximum atomic E-state index is 12.1. The van der Waals surface area contributed by atoms with E-state index in [2.05, 4.69) is 19.2 Å². The summed E-state index contributed by atoms with van der Waals surface area (Å²) in [4.78, 5) is 23.0. The number of benzene rings is 1. The fourth-order valence-electron chi connectivity index (χ4n) is 2.16. The fourth-order valence-corrected chi connectivity index (χ4v) is 2.16. The molecular formula is C18H27NO4. The highest BCUT2D eigenvalue weighted by Gasteiger charge is 2.32. The fraction of sp³-hybridized carbons (Fsp3) is 0.556. The Morgan fingerprint density at radius 3 is 2.17 bits per heavy atom. The van der Waals surface area contributed by atoms with Gasteiger partial charge in [0.15, 0.2) is 6.61 Å². The number of ether oxygens (including phenoxy) is 1. The molecule has 23 heavy (non-hydrogen) atoms. The first-order chi connectivity index (χ1) is 10.6. The van der Waals surface area contributed by atoms with Gasteiger partial charge in [0.1, 0.15) is 5.75 Å². The van der Waals surface area contributed by atoms with Crippen molar-refractivity contribution in [3.63, 3.8) is 0 Å². The Balaban J connectivity index is 2.60. The predicted octanol–water partition coefficient (Wildman–Crippen LogP) is 3.19. The Morgan fingerprint density at radius 1 is 1.17 bits per heavy atom. The molecule has 0 fully saturated rings. The molecule has 0 bridgehead atoms. The lowest BCUT2D eigenvalue weighted by atomic mass is 9.85. The molecule has 2 N–H and O–H groups in total. The van der Waals surface area contributed by atoms with E-state index in [1.165, 1.54) is 5.56 Å². The van der Waals surface area contributed by atoms with Crippen LogP contribution in [0.15, 0.2) is 24.3 Å². The maximum Gasteiger partial charge on any atom is 0.305 e. The van der Waals surface area contributed by atoms with Gasteiger partial charge < -0.3 is 15.2 Å². The van der Waals surface area contributed by atoms with E-state index < -0.39 is 11.5 Å². The summed E-state index contributed by atoms with van der Waals surface area (Å²) in [6.45, 7) is 9.59. The number of hydrogen-bond acceptors (Lipinski definition) is 3. The zero-order valence-electron chi connectivity index (χ0n) is 14.6. The van der Waals surface area contributed by atoms with Gasteiger partial charge in [-0.2, -0.15) is 0 Å².